The molecule has 0 amide bonds. The molecule has 0 heterocycles. The maximum atomic E-state index is 10.2. The maximum Gasteiger partial charge on any atom is 0.0578 e. The van der Waals surface area contributed by atoms with Crippen molar-refractivity contribution in [1.82, 2.24) is 0 Å². The Hall–Kier alpha value is -0.560. The average molecular weight is 399 g/mol. The molecule has 29 heavy (non-hydrogen) atoms. The Bertz CT molecular complexity index is 672. The maximum absolute atomic E-state index is 10.2. The first kappa shape index (κ1) is 21.7. The Morgan fingerprint density at radius 3 is 2.41 bits per heavy atom. The number of aliphatic hydroxyl groups excluding tert-OH is 1. The van der Waals surface area contributed by atoms with Crippen LogP contribution in [0.5, 0.6) is 0 Å². The van der Waals surface area contributed by atoms with Gasteiger partial charge in [0, 0.05) is 0 Å². The van der Waals surface area contributed by atoms with E-state index in [9.17, 15) is 5.11 Å². The Morgan fingerprint density at radius 1 is 0.931 bits per heavy atom. The zero-order valence-electron chi connectivity index (χ0n) is 20.0. The van der Waals surface area contributed by atoms with Crippen LogP contribution in [0, 0.1) is 46.3 Å². The second kappa shape index (κ2) is 7.85. The molecule has 0 spiro atoms. The van der Waals surface area contributed by atoms with Gasteiger partial charge in [-0.2, -0.15) is 0 Å². The first-order valence-corrected chi connectivity index (χ1v) is 12.8. The number of fused-ring (bicyclic) bond motifs is 5. The van der Waals surface area contributed by atoms with Gasteiger partial charge in [-0.05, 0) is 91.3 Å². The molecule has 1 unspecified atom stereocenters. The highest BCUT2D eigenvalue weighted by molar-refractivity contribution is 5.38. The van der Waals surface area contributed by atoms with Crippen LogP contribution in [-0.2, 0) is 0 Å². The van der Waals surface area contributed by atoms with Crippen LogP contribution in [-0.4, -0.2) is 11.2 Å². The summed E-state index contributed by atoms with van der Waals surface area (Å²) in [6.07, 6.45) is 16.4. The van der Waals surface area contributed by atoms with Crippen LogP contribution in [0.2, 0.25) is 0 Å². The summed E-state index contributed by atoms with van der Waals surface area (Å²) >= 11 is 0. The zero-order chi connectivity index (χ0) is 21.0. The molecule has 0 radical (unpaired) electrons. The van der Waals surface area contributed by atoms with Gasteiger partial charge in [0.25, 0.3) is 0 Å². The summed E-state index contributed by atoms with van der Waals surface area (Å²) in [4.78, 5) is 0. The third-order valence-corrected chi connectivity index (χ3v) is 10.5. The molecule has 1 N–H and O–H groups in total. The van der Waals surface area contributed by atoms with Gasteiger partial charge >= 0.3 is 0 Å². The van der Waals surface area contributed by atoms with Gasteiger partial charge in [0.2, 0.25) is 0 Å². The second-order valence-corrected chi connectivity index (χ2v) is 12.3. The van der Waals surface area contributed by atoms with Gasteiger partial charge in [-0.3, -0.25) is 0 Å². The van der Waals surface area contributed by atoms with Gasteiger partial charge in [0.05, 0.1) is 6.10 Å². The minimum atomic E-state index is -0.108. The van der Waals surface area contributed by atoms with E-state index in [4.69, 9.17) is 0 Å². The van der Waals surface area contributed by atoms with Crippen molar-refractivity contribution in [1.29, 1.82) is 0 Å². The molecule has 1 nitrogen and oxygen atoms in total. The summed E-state index contributed by atoms with van der Waals surface area (Å²) in [5.41, 5.74) is 4.17. The molecular formula is C28H46O. The van der Waals surface area contributed by atoms with E-state index in [1.165, 1.54) is 44.9 Å². The number of hydrogen-bond donors (Lipinski definition) is 1. The quantitative estimate of drug-likeness (QED) is 0.506. The van der Waals surface area contributed by atoms with Gasteiger partial charge in [0.15, 0.2) is 0 Å². The molecule has 1 heteroatoms. The van der Waals surface area contributed by atoms with Gasteiger partial charge < -0.3 is 5.11 Å². The van der Waals surface area contributed by atoms with Gasteiger partial charge in [-0.15, -0.1) is 0 Å². The van der Waals surface area contributed by atoms with E-state index in [0.29, 0.717) is 10.8 Å². The molecular weight excluding hydrogens is 352 g/mol. The van der Waals surface area contributed by atoms with Crippen molar-refractivity contribution in [3.8, 4) is 0 Å². The topological polar surface area (TPSA) is 20.2 Å². The van der Waals surface area contributed by atoms with Crippen LogP contribution in [0.3, 0.4) is 0 Å². The molecule has 4 rings (SSSR count). The first-order valence-electron chi connectivity index (χ1n) is 12.8. The van der Waals surface area contributed by atoms with E-state index in [-0.39, 0.29) is 6.10 Å². The van der Waals surface area contributed by atoms with Crippen LogP contribution < -0.4 is 0 Å². The Balaban J connectivity index is 1.52. The summed E-state index contributed by atoms with van der Waals surface area (Å²) in [6.45, 7) is 14.9. The molecule has 0 bridgehead atoms. The van der Waals surface area contributed by atoms with Crippen molar-refractivity contribution in [2.75, 3.05) is 0 Å². The summed E-state index contributed by atoms with van der Waals surface area (Å²) in [5.74, 6) is 4.97. The molecule has 164 valence electrons. The van der Waals surface area contributed by atoms with Crippen molar-refractivity contribution in [3.63, 3.8) is 0 Å². The summed E-state index contributed by atoms with van der Waals surface area (Å²) in [7, 11) is 0. The number of aliphatic hydroxyl groups is 1. The van der Waals surface area contributed by atoms with Crippen molar-refractivity contribution in [3.05, 3.63) is 23.3 Å². The summed E-state index contributed by atoms with van der Waals surface area (Å²) in [6, 6.07) is 0. The lowest BCUT2D eigenvalue weighted by Gasteiger charge is -2.55. The van der Waals surface area contributed by atoms with Crippen LogP contribution in [0.4, 0.5) is 0 Å². The molecule has 0 aromatic rings. The molecule has 3 fully saturated rings. The number of rotatable bonds is 5. The molecule has 3 saturated carbocycles. The fourth-order valence-electron chi connectivity index (χ4n) is 8.02. The average Bonchev–Trinajstić information content (AvgIpc) is 3.03. The lowest BCUT2D eigenvalue weighted by atomic mass is 9.50. The fourth-order valence-corrected chi connectivity index (χ4v) is 8.02. The standard InChI is InChI=1S/C28H46O/c1-18(2)19(3)7-8-20(4)24-11-12-25-23-10-9-21-17-22(29)13-15-27(21,5)26(23)14-16-28(24,25)6/h9-10,18-20,22,24-26,29H,7-8,11-17H2,1-6H3/t19?,20-,22+,24-,25+,26+,27+,28-/m1/s1. The predicted molar refractivity (Wildman–Crippen MR) is 124 cm³/mol. The van der Waals surface area contributed by atoms with Crippen LogP contribution in [0.15, 0.2) is 23.3 Å². The monoisotopic (exact) mass is 398 g/mol. The van der Waals surface area contributed by atoms with Crippen LogP contribution >= 0.6 is 0 Å². The predicted octanol–water partition coefficient (Wildman–Crippen LogP) is 7.55. The minimum absolute atomic E-state index is 0.108. The van der Waals surface area contributed by atoms with Crippen molar-refractivity contribution >= 4 is 0 Å². The third-order valence-electron chi connectivity index (χ3n) is 10.5. The third kappa shape index (κ3) is 3.58. The summed E-state index contributed by atoms with van der Waals surface area (Å²) in [5, 5.41) is 10.2. The van der Waals surface area contributed by atoms with E-state index in [1.54, 1.807) is 11.1 Å². The Labute approximate surface area is 180 Å². The molecule has 4 aliphatic carbocycles. The number of hydrogen-bond acceptors (Lipinski definition) is 1. The second-order valence-electron chi connectivity index (χ2n) is 12.3. The fraction of sp³-hybridized carbons (Fsp3) is 0.857. The highest BCUT2D eigenvalue weighted by atomic mass is 16.3. The zero-order valence-corrected chi connectivity index (χ0v) is 20.0. The van der Waals surface area contributed by atoms with Crippen molar-refractivity contribution < 1.29 is 5.11 Å². The van der Waals surface area contributed by atoms with E-state index < -0.39 is 0 Å². The molecule has 4 aliphatic rings. The van der Waals surface area contributed by atoms with Crippen LogP contribution in [0.1, 0.15) is 99.3 Å². The lowest BCUT2D eigenvalue weighted by molar-refractivity contribution is 0.0317. The van der Waals surface area contributed by atoms with Crippen molar-refractivity contribution in [2.45, 2.75) is 105 Å². The first-order chi connectivity index (χ1) is 13.7. The summed E-state index contributed by atoms with van der Waals surface area (Å²) < 4.78 is 0. The molecule has 0 saturated heterocycles. The van der Waals surface area contributed by atoms with E-state index >= 15 is 0 Å². The van der Waals surface area contributed by atoms with Gasteiger partial charge in [-0.25, -0.2) is 0 Å². The smallest absolute Gasteiger partial charge is 0.0578 e. The Kier molecular flexibility index (Phi) is 5.86. The number of allylic oxidation sites excluding steroid dienone is 3. The van der Waals surface area contributed by atoms with Crippen LogP contribution in [0.25, 0.3) is 0 Å². The SMILES string of the molecule is CC(C)C(C)CC[C@@H](C)[C@H]1CC[C@H]2C3=CC=C4C[C@@H](O)CC[C@]4(C)[C@H]3CC[C@]12C. The molecule has 0 aromatic carbocycles. The van der Waals surface area contributed by atoms with Crippen molar-refractivity contribution in [2.24, 2.45) is 46.3 Å². The van der Waals surface area contributed by atoms with E-state index in [2.05, 4.69) is 53.7 Å². The minimum Gasteiger partial charge on any atom is -0.393 e. The largest absolute Gasteiger partial charge is 0.393 e. The Morgan fingerprint density at radius 2 is 1.69 bits per heavy atom. The van der Waals surface area contributed by atoms with E-state index in [1.807, 2.05) is 0 Å². The molecule has 0 aromatic heterocycles. The van der Waals surface area contributed by atoms with Gasteiger partial charge in [-0.1, -0.05) is 77.7 Å². The molecule has 8 atom stereocenters. The lowest BCUT2D eigenvalue weighted by Crippen LogP contribution is -2.46. The highest BCUT2D eigenvalue weighted by Gasteiger charge is 2.56. The molecule has 0 aliphatic heterocycles. The normalized spacial score (nSPS) is 43.7. The van der Waals surface area contributed by atoms with Gasteiger partial charge in [0.1, 0.15) is 0 Å². The highest BCUT2D eigenvalue weighted by Crippen LogP contribution is 2.66. The van der Waals surface area contributed by atoms with E-state index in [0.717, 1.165) is 48.3 Å².